The van der Waals surface area contributed by atoms with Crippen LogP contribution >= 0.6 is 23.2 Å². The maximum absolute atomic E-state index is 9.28. The van der Waals surface area contributed by atoms with Crippen molar-refractivity contribution >= 4 is 23.2 Å². The molecule has 2 rings (SSSR count). The summed E-state index contributed by atoms with van der Waals surface area (Å²) in [5.41, 5.74) is 1.16. The number of benzene rings is 1. The molecule has 1 unspecified atom stereocenters. The second kappa shape index (κ2) is 5.57. The lowest BCUT2D eigenvalue weighted by Crippen LogP contribution is -2.45. The first-order valence-corrected chi connectivity index (χ1v) is 6.74. The van der Waals surface area contributed by atoms with E-state index in [4.69, 9.17) is 23.2 Å². The minimum atomic E-state index is -0.126. The van der Waals surface area contributed by atoms with Crippen LogP contribution in [0.15, 0.2) is 18.2 Å². The highest BCUT2D eigenvalue weighted by Gasteiger charge is 2.28. The number of aliphatic hydroxyl groups is 1. The van der Waals surface area contributed by atoms with Crippen LogP contribution < -0.4 is 5.32 Å². The molecule has 4 heteroatoms. The minimum absolute atomic E-state index is 0.126. The third-order valence-electron chi connectivity index (χ3n) is 3.30. The third-order valence-corrected chi connectivity index (χ3v) is 4.04. The molecular formula is C13H17Cl2NO. The van der Waals surface area contributed by atoms with Crippen LogP contribution in [-0.4, -0.2) is 17.3 Å². The van der Waals surface area contributed by atoms with Gasteiger partial charge >= 0.3 is 0 Å². The number of halogens is 2. The molecule has 0 aromatic heterocycles. The molecule has 17 heavy (non-hydrogen) atoms. The van der Waals surface area contributed by atoms with Crippen molar-refractivity contribution in [2.75, 3.05) is 0 Å². The van der Waals surface area contributed by atoms with Gasteiger partial charge in [-0.25, -0.2) is 0 Å². The molecule has 94 valence electrons. The molecule has 1 aromatic rings. The fraction of sp³-hybridized carbons (Fsp3) is 0.538. The van der Waals surface area contributed by atoms with Crippen LogP contribution in [0.2, 0.25) is 10.0 Å². The first-order valence-electron chi connectivity index (χ1n) is 5.99. The predicted octanol–water partition coefficient (Wildman–Crippen LogP) is 3.56. The van der Waals surface area contributed by atoms with E-state index in [1.54, 1.807) is 0 Å². The zero-order valence-corrected chi connectivity index (χ0v) is 11.3. The Morgan fingerprint density at radius 3 is 2.59 bits per heavy atom. The molecule has 2 N–H and O–H groups in total. The van der Waals surface area contributed by atoms with E-state index in [-0.39, 0.29) is 12.1 Å². The zero-order valence-electron chi connectivity index (χ0n) is 9.79. The summed E-state index contributed by atoms with van der Waals surface area (Å²) in [7, 11) is 0. The van der Waals surface area contributed by atoms with Gasteiger partial charge in [0, 0.05) is 12.1 Å². The van der Waals surface area contributed by atoms with Gasteiger partial charge in [0.1, 0.15) is 0 Å². The first kappa shape index (κ1) is 13.2. The molecule has 0 spiro atoms. The Morgan fingerprint density at radius 2 is 2.06 bits per heavy atom. The standard InChI is InChI=1S/C13H17Cl2NO/c1-2-13(16-9-6-10(17)7-9)8-3-4-11(14)12(15)5-8/h3-5,9-10,13,16-17H,2,6-7H2,1H3. The van der Waals surface area contributed by atoms with E-state index in [0.29, 0.717) is 16.1 Å². The van der Waals surface area contributed by atoms with Gasteiger partial charge in [-0.2, -0.15) is 0 Å². The van der Waals surface area contributed by atoms with Gasteiger partial charge in [-0.15, -0.1) is 0 Å². The van der Waals surface area contributed by atoms with Gasteiger partial charge in [-0.3, -0.25) is 0 Å². The average Bonchev–Trinajstić information content (AvgIpc) is 2.27. The van der Waals surface area contributed by atoms with E-state index in [0.717, 1.165) is 24.8 Å². The topological polar surface area (TPSA) is 32.3 Å². The third kappa shape index (κ3) is 3.14. The molecule has 2 nitrogen and oxygen atoms in total. The molecule has 0 radical (unpaired) electrons. The molecule has 1 saturated carbocycles. The fourth-order valence-corrected chi connectivity index (χ4v) is 2.49. The zero-order chi connectivity index (χ0) is 12.4. The Morgan fingerprint density at radius 1 is 1.35 bits per heavy atom. The molecule has 0 saturated heterocycles. The van der Waals surface area contributed by atoms with Crippen molar-refractivity contribution in [3.8, 4) is 0 Å². The normalized spacial score (nSPS) is 25.4. The number of rotatable bonds is 4. The van der Waals surface area contributed by atoms with Crippen LogP contribution in [0.1, 0.15) is 37.8 Å². The summed E-state index contributed by atoms with van der Waals surface area (Å²) in [4.78, 5) is 0. The van der Waals surface area contributed by atoms with Crippen LogP contribution in [-0.2, 0) is 0 Å². The highest BCUT2D eigenvalue weighted by Crippen LogP contribution is 2.29. The fourth-order valence-electron chi connectivity index (χ4n) is 2.19. The van der Waals surface area contributed by atoms with E-state index in [9.17, 15) is 5.11 Å². The summed E-state index contributed by atoms with van der Waals surface area (Å²) in [5.74, 6) is 0. The second-order valence-electron chi connectivity index (χ2n) is 4.62. The van der Waals surface area contributed by atoms with Crippen molar-refractivity contribution in [3.05, 3.63) is 33.8 Å². The Balaban J connectivity index is 2.04. The number of aliphatic hydroxyl groups excluding tert-OH is 1. The summed E-state index contributed by atoms with van der Waals surface area (Å²) in [6, 6.07) is 6.45. The highest BCUT2D eigenvalue weighted by molar-refractivity contribution is 6.42. The number of nitrogens with one attached hydrogen (secondary N) is 1. The average molecular weight is 274 g/mol. The van der Waals surface area contributed by atoms with E-state index < -0.39 is 0 Å². The van der Waals surface area contributed by atoms with Crippen LogP contribution in [0.25, 0.3) is 0 Å². The van der Waals surface area contributed by atoms with Crippen molar-refractivity contribution in [2.45, 2.75) is 44.4 Å². The molecule has 1 aromatic carbocycles. The largest absolute Gasteiger partial charge is 0.393 e. The smallest absolute Gasteiger partial charge is 0.0595 e. The molecule has 0 heterocycles. The number of hydrogen-bond acceptors (Lipinski definition) is 2. The van der Waals surface area contributed by atoms with Gasteiger partial charge < -0.3 is 10.4 Å². The molecule has 1 aliphatic carbocycles. The number of hydrogen-bond donors (Lipinski definition) is 2. The van der Waals surface area contributed by atoms with Gasteiger partial charge in [-0.1, -0.05) is 36.2 Å². The quantitative estimate of drug-likeness (QED) is 0.879. The van der Waals surface area contributed by atoms with Crippen molar-refractivity contribution in [1.29, 1.82) is 0 Å². The van der Waals surface area contributed by atoms with Gasteiger partial charge in [0.25, 0.3) is 0 Å². The van der Waals surface area contributed by atoms with E-state index in [1.807, 2.05) is 18.2 Å². The van der Waals surface area contributed by atoms with Crippen LogP contribution in [0.3, 0.4) is 0 Å². The lowest BCUT2D eigenvalue weighted by Gasteiger charge is -2.35. The lowest BCUT2D eigenvalue weighted by atomic mass is 9.88. The van der Waals surface area contributed by atoms with Crippen LogP contribution in [0.5, 0.6) is 0 Å². The van der Waals surface area contributed by atoms with Gasteiger partial charge in [-0.05, 0) is 37.0 Å². The van der Waals surface area contributed by atoms with E-state index in [2.05, 4.69) is 12.2 Å². The monoisotopic (exact) mass is 273 g/mol. The summed E-state index contributed by atoms with van der Waals surface area (Å²) in [5, 5.41) is 14.0. The molecular weight excluding hydrogens is 257 g/mol. The molecule has 1 atom stereocenters. The van der Waals surface area contributed by atoms with Crippen molar-refractivity contribution in [3.63, 3.8) is 0 Å². The van der Waals surface area contributed by atoms with Crippen molar-refractivity contribution in [2.24, 2.45) is 0 Å². The lowest BCUT2D eigenvalue weighted by molar-refractivity contribution is 0.0574. The molecule has 0 aliphatic heterocycles. The highest BCUT2D eigenvalue weighted by atomic mass is 35.5. The summed E-state index contributed by atoms with van der Waals surface area (Å²) < 4.78 is 0. The van der Waals surface area contributed by atoms with Gasteiger partial charge in [0.2, 0.25) is 0 Å². The summed E-state index contributed by atoms with van der Waals surface area (Å²) in [6.07, 6.45) is 2.55. The summed E-state index contributed by atoms with van der Waals surface area (Å²) in [6.45, 7) is 2.13. The van der Waals surface area contributed by atoms with Gasteiger partial charge in [0.05, 0.1) is 16.1 Å². The predicted molar refractivity (Wildman–Crippen MR) is 71.7 cm³/mol. The maximum Gasteiger partial charge on any atom is 0.0595 e. The maximum atomic E-state index is 9.28. The molecule has 1 aliphatic rings. The second-order valence-corrected chi connectivity index (χ2v) is 5.44. The van der Waals surface area contributed by atoms with Crippen molar-refractivity contribution in [1.82, 2.24) is 5.32 Å². The Hall–Kier alpha value is -0.280. The minimum Gasteiger partial charge on any atom is -0.393 e. The molecule has 0 bridgehead atoms. The van der Waals surface area contributed by atoms with Crippen LogP contribution in [0, 0.1) is 0 Å². The summed E-state index contributed by atoms with van der Waals surface area (Å²) >= 11 is 11.9. The Labute approximate surface area is 112 Å². The SMILES string of the molecule is CCC(NC1CC(O)C1)c1ccc(Cl)c(Cl)c1. The molecule has 1 fully saturated rings. The van der Waals surface area contributed by atoms with E-state index in [1.165, 1.54) is 0 Å². The molecule has 0 amide bonds. The van der Waals surface area contributed by atoms with Gasteiger partial charge in [0.15, 0.2) is 0 Å². The van der Waals surface area contributed by atoms with Crippen LogP contribution in [0.4, 0.5) is 0 Å². The first-order chi connectivity index (χ1) is 8.10. The Kier molecular flexibility index (Phi) is 4.31. The van der Waals surface area contributed by atoms with Crippen molar-refractivity contribution < 1.29 is 5.11 Å². The Bertz CT molecular complexity index is 391. The van der Waals surface area contributed by atoms with E-state index >= 15 is 0 Å².